The van der Waals surface area contributed by atoms with Crippen LogP contribution in [-0.4, -0.2) is 49.1 Å². The van der Waals surface area contributed by atoms with Crippen LogP contribution in [-0.2, 0) is 4.79 Å². The molecule has 0 aliphatic carbocycles. The number of para-hydroxylation sites is 2. The van der Waals surface area contributed by atoms with E-state index < -0.39 is 6.04 Å². The van der Waals surface area contributed by atoms with E-state index in [2.05, 4.69) is 5.32 Å². The van der Waals surface area contributed by atoms with Gasteiger partial charge in [0.15, 0.2) is 17.6 Å². The maximum atomic E-state index is 13.0. The number of hydrogen-bond acceptors (Lipinski definition) is 4. The Bertz CT molecular complexity index is 887. The predicted octanol–water partition coefficient (Wildman–Crippen LogP) is 3.39. The number of carbonyl (C=O) groups is 2. The zero-order chi connectivity index (χ0) is 21.0. The van der Waals surface area contributed by atoms with Gasteiger partial charge in [0.25, 0.3) is 5.91 Å². The third kappa shape index (κ3) is 5.01. The van der Waals surface area contributed by atoms with Gasteiger partial charge in [0.05, 0.1) is 17.1 Å². The zero-order valence-corrected chi connectivity index (χ0v) is 17.5. The predicted molar refractivity (Wildman–Crippen MR) is 112 cm³/mol. The molecule has 0 fully saturated rings. The second kappa shape index (κ2) is 9.18. The highest BCUT2D eigenvalue weighted by molar-refractivity contribution is 6.33. The summed E-state index contributed by atoms with van der Waals surface area (Å²) in [6.07, 6.45) is -0.286. The number of likely N-dealkylation sites (N-methyl/N-ethyl adjacent to an activating group) is 1. The van der Waals surface area contributed by atoms with Gasteiger partial charge in [-0.05, 0) is 30.2 Å². The van der Waals surface area contributed by atoms with Gasteiger partial charge in [-0.2, -0.15) is 0 Å². The van der Waals surface area contributed by atoms with Crippen LogP contribution in [0.2, 0.25) is 5.02 Å². The van der Waals surface area contributed by atoms with Crippen LogP contribution in [0.25, 0.3) is 0 Å². The van der Waals surface area contributed by atoms with E-state index in [1.807, 2.05) is 38.1 Å². The van der Waals surface area contributed by atoms with E-state index in [1.165, 1.54) is 0 Å². The molecule has 2 unspecified atom stereocenters. The Hall–Kier alpha value is -2.73. The number of ether oxygens (including phenoxy) is 2. The molecule has 0 aromatic heterocycles. The van der Waals surface area contributed by atoms with Gasteiger partial charge in [-0.15, -0.1) is 0 Å². The minimum Gasteiger partial charge on any atom is -0.486 e. The number of carbonyl (C=O) groups excluding carboxylic acids is 2. The van der Waals surface area contributed by atoms with Crippen molar-refractivity contribution in [3.05, 3.63) is 59.1 Å². The van der Waals surface area contributed by atoms with Crippen LogP contribution in [0.1, 0.15) is 24.2 Å². The molecule has 2 atom stereocenters. The lowest BCUT2D eigenvalue weighted by Gasteiger charge is -2.32. The molecular formula is C22H25ClN2O4. The van der Waals surface area contributed by atoms with Crippen molar-refractivity contribution in [3.8, 4) is 11.5 Å². The number of hydrogen-bond donors (Lipinski definition) is 1. The maximum absolute atomic E-state index is 13.0. The molecule has 3 rings (SSSR count). The Morgan fingerprint density at radius 3 is 2.48 bits per heavy atom. The second-order valence-electron chi connectivity index (χ2n) is 7.39. The molecule has 2 aromatic carbocycles. The fourth-order valence-electron chi connectivity index (χ4n) is 3.16. The molecule has 29 heavy (non-hydrogen) atoms. The fourth-order valence-corrected chi connectivity index (χ4v) is 3.39. The molecule has 6 nitrogen and oxygen atoms in total. The summed E-state index contributed by atoms with van der Waals surface area (Å²) in [6, 6.07) is 13.5. The normalized spacial score (nSPS) is 16.2. The van der Waals surface area contributed by atoms with Crippen LogP contribution in [0, 0.1) is 5.92 Å². The Morgan fingerprint density at radius 2 is 1.79 bits per heavy atom. The SMILES string of the molecule is CC(C)C(NC(=O)c1ccccc1Cl)C(=O)N(C)CC1COc2ccccc2O1. The summed E-state index contributed by atoms with van der Waals surface area (Å²) >= 11 is 6.11. The number of amides is 2. The Labute approximate surface area is 175 Å². The monoisotopic (exact) mass is 416 g/mol. The number of fused-ring (bicyclic) bond motifs is 1. The van der Waals surface area contributed by atoms with E-state index in [9.17, 15) is 9.59 Å². The standard InChI is InChI=1S/C22H25ClN2O4/c1-14(2)20(24-21(26)16-8-4-5-9-17(16)23)22(27)25(3)12-15-13-28-18-10-6-7-11-19(18)29-15/h4-11,14-15,20H,12-13H2,1-3H3,(H,24,26). The maximum Gasteiger partial charge on any atom is 0.253 e. The lowest BCUT2D eigenvalue weighted by atomic mass is 10.0. The van der Waals surface area contributed by atoms with Gasteiger partial charge in [0.1, 0.15) is 12.6 Å². The molecule has 0 bridgehead atoms. The Balaban J connectivity index is 1.64. The highest BCUT2D eigenvalue weighted by atomic mass is 35.5. The summed E-state index contributed by atoms with van der Waals surface area (Å²) < 4.78 is 11.6. The van der Waals surface area contributed by atoms with Crippen molar-refractivity contribution >= 4 is 23.4 Å². The van der Waals surface area contributed by atoms with Crippen LogP contribution in [0.4, 0.5) is 0 Å². The molecule has 2 amide bonds. The van der Waals surface area contributed by atoms with Gasteiger partial charge in [-0.25, -0.2) is 0 Å². The third-order valence-electron chi connectivity index (χ3n) is 4.76. The van der Waals surface area contributed by atoms with Crippen molar-refractivity contribution in [3.63, 3.8) is 0 Å². The number of rotatable bonds is 6. The molecule has 7 heteroatoms. The van der Waals surface area contributed by atoms with Crippen molar-refractivity contribution in [1.82, 2.24) is 10.2 Å². The summed E-state index contributed by atoms with van der Waals surface area (Å²) in [5.41, 5.74) is 0.343. The highest BCUT2D eigenvalue weighted by Crippen LogP contribution is 2.31. The largest absolute Gasteiger partial charge is 0.486 e. The summed E-state index contributed by atoms with van der Waals surface area (Å²) in [5, 5.41) is 3.17. The fraction of sp³-hybridized carbons (Fsp3) is 0.364. The minimum atomic E-state index is -0.680. The van der Waals surface area contributed by atoms with Crippen LogP contribution >= 0.6 is 11.6 Å². The summed E-state index contributed by atoms with van der Waals surface area (Å²) in [5.74, 6) is 0.701. The molecule has 0 radical (unpaired) electrons. The second-order valence-corrected chi connectivity index (χ2v) is 7.80. The average molecular weight is 417 g/mol. The molecule has 1 aliphatic rings. The van der Waals surface area contributed by atoms with Crippen molar-refractivity contribution in [2.75, 3.05) is 20.2 Å². The lowest BCUT2D eigenvalue weighted by Crippen LogP contribution is -2.52. The Kier molecular flexibility index (Phi) is 6.64. The third-order valence-corrected chi connectivity index (χ3v) is 5.09. The van der Waals surface area contributed by atoms with Gasteiger partial charge in [-0.1, -0.05) is 49.7 Å². The average Bonchev–Trinajstić information content (AvgIpc) is 2.71. The number of benzene rings is 2. The van der Waals surface area contributed by atoms with Gasteiger partial charge in [-0.3, -0.25) is 9.59 Å². The lowest BCUT2D eigenvalue weighted by molar-refractivity contribution is -0.134. The first-order valence-electron chi connectivity index (χ1n) is 9.55. The smallest absolute Gasteiger partial charge is 0.253 e. The zero-order valence-electron chi connectivity index (χ0n) is 16.7. The van der Waals surface area contributed by atoms with Crippen LogP contribution in [0.5, 0.6) is 11.5 Å². The van der Waals surface area contributed by atoms with E-state index >= 15 is 0 Å². The quantitative estimate of drug-likeness (QED) is 0.783. The topological polar surface area (TPSA) is 67.9 Å². The van der Waals surface area contributed by atoms with Gasteiger partial charge < -0.3 is 19.7 Å². The van der Waals surface area contributed by atoms with Crippen LogP contribution in [0.15, 0.2) is 48.5 Å². The first-order chi connectivity index (χ1) is 13.9. The molecule has 154 valence electrons. The van der Waals surface area contributed by atoms with E-state index in [4.69, 9.17) is 21.1 Å². The van der Waals surface area contributed by atoms with Gasteiger partial charge >= 0.3 is 0 Å². The summed E-state index contributed by atoms with van der Waals surface area (Å²) in [6.45, 7) is 4.48. The van der Waals surface area contributed by atoms with E-state index in [1.54, 1.807) is 36.2 Å². The van der Waals surface area contributed by atoms with E-state index in [0.717, 1.165) is 0 Å². The van der Waals surface area contributed by atoms with Crippen LogP contribution in [0.3, 0.4) is 0 Å². The van der Waals surface area contributed by atoms with Crippen molar-refractivity contribution in [2.45, 2.75) is 26.0 Å². The van der Waals surface area contributed by atoms with Gasteiger partial charge in [0.2, 0.25) is 5.91 Å². The number of nitrogens with zero attached hydrogens (tertiary/aromatic N) is 1. The highest BCUT2D eigenvalue weighted by Gasteiger charge is 2.30. The van der Waals surface area contributed by atoms with E-state index in [0.29, 0.717) is 35.2 Å². The molecule has 1 heterocycles. The first-order valence-corrected chi connectivity index (χ1v) is 9.93. The summed E-state index contributed by atoms with van der Waals surface area (Å²) in [4.78, 5) is 27.2. The molecular weight excluding hydrogens is 392 g/mol. The molecule has 2 aromatic rings. The van der Waals surface area contributed by atoms with Gasteiger partial charge in [0, 0.05) is 7.05 Å². The molecule has 1 N–H and O–H groups in total. The number of halogens is 1. The molecule has 0 spiro atoms. The van der Waals surface area contributed by atoms with E-state index in [-0.39, 0.29) is 23.8 Å². The molecule has 0 saturated heterocycles. The molecule has 0 saturated carbocycles. The van der Waals surface area contributed by atoms with Crippen molar-refractivity contribution in [2.24, 2.45) is 5.92 Å². The number of nitrogens with one attached hydrogen (secondary N) is 1. The Morgan fingerprint density at radius 1 is 1.14 bits per heavy atom. The first kappa shape index (κ1) is 21.0. The van der Waals surface area contributed by atoms with Crippen molar-refractivity contribution in [1.29, 1.82) is 0 Å². The minimum absolute atomic E-state index is 0.0966. The van der Waals surface area contributed by atoms with Crippen molar-refractivity contribution < 1.29 is 19.1 Å². The summed E-state index contributed by atoms with van der Waals surface area (Å²) in [7, 11) is 1.70. The van der Waals surface area contributed by atoms with Crippen LogP contribution < -0.4 is 14.8 Å². The molecule has 1 aliphatic heterocycles.